The molecule has 1 heterocycles. The predicted molar refractivity (Wildman–Crippen MR) is 74.8 cm³/mol. The van der Waals surface area contributed by atoms with Crippen LogP contribution in [0.4, 0.5) is 4.79 Å². The van der Waals surface area contributed by atoms with E-state index in [1.54, 1.807) is 4.90 Å². The van der Waals surface area contributed by atoms with E-state index in [2.05, 4.69) is 15.5 Å². The van der Waals surface area contributed by atoms with Gasteiger partial charge in [-0.25, -0.2) is 4.79 Å². The van der Waals surface area contributed by atoms with Crippen molar-refractivity contribution < 1.29 is 19.5 Å². The van der Waals surface area contributed by atoms with Crippen LogP contribution in [0.2, 0.25) is 0 Å². The first-order valence-corrected chi connectivity index (χ1v) is 7.28. The van der Waals surface area contributed by atoms with E-state index in [9.17, 15) is 14.4 Å². The molecule has 2 aliphatic rings. The maximum atomic E-state index is 11.9. The lowest BCUT2D eigenvalue weighted by Crippen LogP contribution is -2.53. The minimum Gasteiger partial charge on any atom is -0.480 e. The molecule has 2 rings (SSSR count). The molecule has 0 radical (unpaired) electrons. The molecular weight excluding hydrogens is 276 g/mol. The van der Waals surface area contributed by atoms with Crippen LogP contribution in [-0.4, -0.2) is 78.6 Å². The number of carbonyl (C=O) groups excluding carboxylic acids is 2. The quantitative estimate of drug-likeness (QED) is 0.579. The van der Waals surface area contributed by atoms with Crippen molar-refractivity contribution in [2.75, 3.05) is 45.8 Å². The smallest absolute Gasteiger partial charge is 0.322 e. The number of carboxylic acid groups (broad SMARTS) is 1. The molecule has 8 heteroatoms. The Bertz CT molecular complexity index is 403. The SMILES string of the molecule is O=C(O)CNC(=O)CNC(=O)N1CCN(CC2CC2)CC1. The molecule has 1 saturated heterocycles. The van der Waals surface area contributed by atoms with Gasteiger partial charge >= 0.3 is 12.0 Å². The Morgan fingerprint density at radius 2 is 1.67 bits per heavy atom. The van der Waals surface area contributed by atoms with E-state index in [0.29, 0.717) is 13.1 Å². The van der Waals surface area contributed by atoms with Gasteiger partial charge < -0.3 is 20.6 Å². The topological polar surface area (TPSA) is 102 Å². The highest BCUT2D eigenvalue weighted by Gasteiger charge is 2.27. The van der Waals surface area contributed by atoms with E-state index in [1.807, 2.05) is 0 Å². The Morgan fingerprint density at radius 3 is 2.24 bits per heavy atom. The third-order valence-corrected chi connectivity index (χ3v) is 3.71. The summed E-state index contributed by atoms with van der Waals surface area (Å²) in [6, 6.07) is -0.272. The average Bonchev–Trinajstić information content (AvgIpc) is 3.27. The third-order valence-electron chi connectivity index (χ3n) is 3.71. The van der Waals surface area contributed by atoms with Gasteiger partial charge in [0.2, 0.25) is 5.91 Å². The van der Waals surface area contributed by atoms with Crippen molar-refractivity contribution in [1.29, 1.82) is 0 Å². The number of aliphatic carboxylic acids is 1. The number of urea groups is 1. The maximum Gasteiger partial charge on any atom is 0.322 e. The molecule has 0 atom stereocenters. The third kappa shape index (κ3) is 5.58. The number of hydrogen-bond acceptors (Lipinski definition) is 4. The first-order valence-electron chi connectivity index (χ1n) is 7.28. The molecule has 0 unspecified atom stereocenters. The lowest BCUT2D eigenvalue weighted by Gasteiger charge is -2.34. The highest BCUT2D eigenvalue weighted by molar-refractivity contribution is 5.86. The van der Waals surface area contributed by atoms with E-state index < -0.39 is 18.4 Å². The maximum absolute atomic E-state index is 11.9. The van der Waals surface area contributed by atoms with Crippen LogP contribution in [0, 0.1) is 5.92 Å². The molecule has 2 fully saturated rings. The van der Waals surface area contributed by atoms with Crippen LogP contribution in [0.5, 0.6) is 0 Å². The molecule has 8 nitrogen and oxygen atoms in total. The number of piperazine rings is 1. The number of nitrogens with one attached hydrogen (secondary N) is 2. The zero-order valence-electron chi connectivity index (χ0n) is 12.0. The van der Waals surface area contributed by atoms with Crippen LogP contribution in [0.3, 0.4) is 0 Å². The summed E-state index contributed by atoms with van der Waals surface area (Å²) in [7, 11) is 0. The monoisotopic (exact) mass is 298 g/mol. The number of rotatable bonds is 6. The van der Waals surface area contributed by atoms with Gasteiger partial charge in [0, 0.05) is 32.7 Å². The lowest BCUT2D eigenvalue weighted by molar-refractivity contribution is -0.137. The first-order chi connectivity index (χ1) is 10.0. The molecule has 3 N–H and O–H groups in total. The van der Waals surface area contributed by atoms with E-state index in [0.717, 1.165) is 25.6 Å². The molecule has 0 aromatic heterocycles. The van der Waals surface area contributed by atoms with E-state index in [-0.39, 0.29) is 12.6 Å². The molecule has 0 aromatic carbocycles. The summed E-state index contributed by atoms with van der Waals surface area (Å²) in [5.41, 5.74) is 0. The molecule has 1 aliphatic carbocycles. The van der Waals surface area contributed by atoms with Gasteiger partial charge in [-0.05, 0) is 18.8 Å². The summed E-state index contributed by atoms with van der Waals surface area (Å²) in [6.07, 6.45) is 2.65. The standard InChI is InChI=1S/C13H22N4O4/c18-11(14-8-12(19)20)7-15-13(21)17-5-3-16(4-6-17)9-10-1-2-10/h10H,1-9H2,(H,14,18)(H,15,21)(H,19,20). The molecule has 0 aromatic rings. The van der Waals surface area contributed by atoms with Crippen molar-refractivity contribution >= 4 is 17.9 Å². The molecule has 3 amide bonds. The minimum absolute atomic E-state index is 0.200. The Balaban J connectivity index is 1.60. The van der Waals surface area contributed by atoms with Crippen molar-refractivity contribution in [3.8, 4) is 0 Å². The fourth-order valence-electron chi connectivity index (χ4n) is 2.30. The van der Waals surface area contributed by atoms with Gasteiger partial charge in [0.15, 0.2) is 0 Å². The summed E-state index contributed by atoms with van der Waals surface area (Å²) >= 11 is 0. The minimum atomic E-state index is -1.11. The van der Waals surface area contributed by atoms with Crippen molar-refractivity contribution in [3.63, 3.8) is 0 Å². The molecule has 0 bridgehead atoms. The lowest BCUT2D eigenvalue weighted by atomic mass is 10.3. The normalized spacial score (nSPS) is 19.1. The molecular formula is C13H22N4O4. The average molecular weight is 298 g/mol. The Kier molecular flexibility index (Phi) is 5.38. The predicted octanol–water partition coefficient (Wildman–Crippen LogP) is -1.08. The van der Waals surface area contributed by atoms with Gasteiger partial charge in [-0.15, -0.1) is 0 Å². The van der Waals surface area contributed by atoms with Gasteiger partial charge in [-0.3, -0.25) is 14.5 Å². The van der Waals surface area contributed by atoms with Gasteiger partial charge in [-0.1, -0.05) is 0 Å². The van der Waals surface area contributed by atoms with Crippen molar-refractivity contribution in [1.82, 2.24) is 20.4 Å². The van der Waals surface area contributed by atoms with Crippen molar-refractivity contribution in [3.05, 3.63) is 0 Å². The number of carboxylic acids is 1. The first kappa shape index (κ1) is 15.6. The number of nitrogens with zero attached hydrogens (tertiary/aromatic N) is 2. The van der Waals surface area contributed by atoms with E-state index >= 15 is 0 Å². The molecule has 118 valence electrons. The summed E-state index contributed by atoms with van der Waals surface area (Å²) < 4.78 is 0. The van der Waals surface area contributed by atoms with E-state index in [1.165, 1.54) is 12.8 Å². The zero-order valence-corrected chi connectivity index (χ0v) is 12.0. The summed E-state index contributed by atoms with van der Waals surface area (Å²) in [5.74, 6) is -0.761. The van der Waals surface area contributed by atoms with Crippen LogP contribution >= 0.6 is 0 Å². The second-order valence-corrected chi connectivity index (χ2v) is 5.56. The number of carbonyl (C=O) groups is 3. The van der Waals surface area contributed by atoms with Gasteiger partial charge in [0.1, 0.15) is 6.54 Å². The largest absolute Gasteiger partial charge is 0.480 e. The fraction of sp³-hybridized carbons (Fsp3) is 0.769. The Labute approximate surface area is 123 Å². The number of amides is 3. The van der Waals surface area contributed by atoms with Crippen LogP contribution in [-0.2, 0) is 9.59 Å². The van der Waals surface area contributed by atoms with Crippen molar-refractivity contribution in [2.24, 2.45) is 5.92 Å². The number of hydrogen-bond donors (Lipinski definition) is 3. The van der Waals surface area contributed by atoms with Crippen LogP contribution in [0.15, 0.2) is 0 Å². The van der Waals surface area contributed by atoms with Crippen molar-refractivity contribution in [2.45, 2.75) is 12.8 Å². The molecule has 1 aliphatic heterocycles. The Hall–Kier alpha value is -1.83. The second-order valence-electron chi connectivity index (χ2n) is 5.56. The Morgan fingerprint density at radius 1 is 1.00 bits per heavy atom. The highest BCUT2D eigenvalue weighted by Crippen LogP contribution is 2.29. The van der Waals surface area contributed by atoms with Gasteiger partial charge in [0.05, 0.1) is 6.54 Å². The molecule has 0 spiro atoms. The second kappa shape index (κ2) is 7.26. The summed E-state index contributed by atoms with van der Waals surface area (Å²) in [5, 5.41) is 13.1. The highest BCUT2D eigenvalue weighted by atomic mass is 16.4. The van der Waals surface area contributed by atoms with Crippen LogP contribution in [0.1, 0.15) is 12.8 Å². The van der Waals surface area contributed by atoms with Gasteiger partial charge in [0.25, 0.3) is 0 Å². The van der Waals surface area contributed by atoms with Gasteiger partial charge in [-0.2, -0.15) is 0 Å². The summed E-state index contributed by atoms with van der Waals surface area (Å²) in [4.78, 5) is 37.5. The zero-order chi connectivity index (χ0) is 15.2. The van der Waals surface area contributed by atoms with E-state index in [4.69, 9.17) is 5.11 Å². The van der Waals surface area contributed by atoms with Crippen LogP contribution < -0.4 is 10.6 Å². The summed E-state index contributed by atoms with van der Waals surface area (Å²) in [6.45, 7) is 3.56. The fourth-order valence-corrected chi connectivity index (χ4v) is 2.30. The molecule has 21 heavy (non-hydrogen) atoms. The molecule has 1 saturated carbocycles. The van der Waals surface area contributed by atoms with Crippen LogP contribution in [0.25, 0.3) is 0 Å².